The molecule has 76 valence electrons. The van der Waals surface area contributed by atoms with E-state index >= 15 is 0 Å². The maximum Gasteiger partial charge on any atom is -0.00148 e. The van der Waals surface area contributed by atoms with Gasteiger partial charge in [0.15, 0.2) is 0 Å². The van der Waals surface area contributed by atoms with Gasteiger partial charge in [-0.15, -0.1) is 0 Å². The van der Waals surface area contributed by atoms with Crippen LogP contribution < -0.4 is 5.32 Å². The highest BCUT2D eigenvalue weighted by atomic mass is 14.9. The molecule has 0 saturated carbocycles. The van der Waals surface area contributed by atoms with Gasteiger partial charge in [0.2, 0.25) is 0 Å². The SMILES string of the molecule is C[C@H](c1ccccc1)[C@@H]1CCCNC1. The predicted molar refractivity (Wildman–Crippen MR) is 60.5 cm³/mol. The molecule has 1 aliphatic heterocycles. The fraction of sp³-hybridized carbons (Fsp3) is 0.538. The molecule has 1 heteroatoms. The van der Waals surface area contributed by atoms with E-state index in [0.29, 0.717) is 5.92 Å². The molecule has 0 unspecified atom stereocenters. The number of nitrogens with one attached hydrogen (secondary N) is 1. The molecular weight excluding hydrogens is 170 g/mol. The molecular formula is C13H19N. The van der Waals surface area contributed by atoms with Gasteiger partial charge in [-0.05, 0) is 43.3 Å². The van der Waals surface area contributed by atoms with Crippen LogP contribution in [-0.2, 0) is 0 Å². The lowest BCUT2D eigenvalue weighted by atomic mass is 9.83. The summed E-state index contributed by atoms with van der Waals surface area (Å²) in [6, 6.07) is 10.9. The Morgan fingerprint density at radius 1 is 1.29 bits per heavy atom. The van der Waals surface area contributed by atoms with Gasteiger partial charge < -0.3 is 5.32 Å². The summed E-state index contributed by atoms with van der Waals surface area (Å²) in [4.78, 5) is 0. The van der Waals surface area contributed by atoms with Crippen LogP contribution in [0.25, 0.3) is 0 Å². The highest BCUT2D eigenvalue weighted by Crippen LogP contribution is 2.28. The molecule has 0 radical (unpaired) electrons. The van der Waals surface area contributed by atoms with E-state index < -0.39 is 0 Å². The summed E-state index contributed by atoms with van der Waals surface area (Å²) in [5.41, 5.74) is 1.49. The van der Waals surface area contributed by atoms with Crippen molar-refractivity contribution >= 4 is 0 Å². The van der Waals surface area contributed by atoms with Crippen LogP contribution in [0.1, 0.15) is 31.2 Å². The van der Waals surface area contributed by atoms with Gasteiger partial charge in [-0.2, -0.15) is 0 Å². The molecule has 1 N–H and O–H groups in total. The van der Waals surface area contributed by atoms with Crippen molar-refractivity contribution in [1.29, 1.82) is 0 Å². The van der Waals surface area contributed by atoms with Gasteiger partial charge in [-0.25, -0.2) is 0 Å². The molecule has 14 heavy (non-hydrogen) atoms. The summed E-state index contributed by atoms with van der Waals surface area (Å²) < 4.78 is 0. The molecule has 1 aliphatic rings. The first-order valence-corrected chi connectivity index (χ1v) is 5.63. The Morgan fingerprint density at radius 3 is 2.71 bits per heavy atom. The van der Waals surface area contributed by atoms with Gasteiger partial charge in [0.05, 0.1) is 0 Å². The molecule has 2 rings (SSSR count). The number of piperidine rings is 1. The van der Waals surface area contributed by atoms with Crippen molar-refractivity contribution in [3.63, 3.8) is 0 Å². The third-order valence-electron chi connectivity index (χ3n) is 3.37. The van der Waals surface area contributed by atoms with E-state index in [9.17, 15) is 0 Å². The summed E-state index contributed by atoms with van der Waals surface area (Å²) in [6.45, 7) is 4.75. The third-order valence-corrected chi connectivity index (χ3v) is 3.37. The van der Waals surface area contributed by atoms with E-state index in [1.54, 1.807) is 0 Å². The average Bonchev–Trinajstić information content (AvgIpc) is 2.30. The minimum Gasteiger partial charge on any atom is -0.316 e. The lowest BCUT2D eigenvalue weighted by Crippen LogP contribution is -2.32. The maximum absolute atomic E-state index is 3.49. The maximum atomic E-state index is 3.49. The number of rotatable bonds is 2. The van der Waals surface area contributed by atoms with Crippen LogP contribution in [0.15, 0.2) is 30.3 Å². The summed E-state index contributed by atoms with van der Waals surface area (Å²) in [6.07, 6.45) is 2.71. The standard InChI is InChI=1S/C13H19N/c1-11(12-6-3-2-4-7-12)13-8-5-9-14-10-13/h2-4,6-7,11,13-14H,5,8-10H2,1H3/t11-,13-/m1/s1. The summed E-state index contributed by atoms with van der Waals surface area (Å²) in [5, 5.41) is 3.49. The van der Waals surface area contributed by atoms with Gasteiger partial charge >= 0.3 is 0 Å². The van der Waals surface area contributed by atoms with Crippen LogP contribution in [0.2, 0.25) is 0 Å². The third kappa shape index (κ3) is 2.16. The smallest absolute Gasteiger partial charge is 0.00148 e. The predicted octanol–water partition coefficient (Wildman–Crippen LogP) is 2.79. The lowest BCUT2D eigenvalue weighted by molar-refractivity contribution is 0.334. The van der Waals surface area contributed by atoms with Crippen LogP contribution in [0.3, 0.4) is 0 Å². The van der Waals surface area contributed by atoms with Gasteiger partial charge in [0.1, 0.15) is 0 Å². The van der Waals surface area contributed by atoms with E-state index in [4.69, 9.17) is 0 Å². The zero-order valence-corrected chi connectivity index (χ0v) is 8.87. The van der Waals surface area contributed by atoms with Crippen LogP contribution >= 0.6 is 0 Å². The minimum atomic E-state index is 0.698. The summed E-state index contributed by atoms with van der Waals surface area (Å²) in [5.74, 6) is 1.52. The van der Waals surface area contributed by atoms with E-state index in [0.717, 1.165) is 5.92 Å². The summed E-state index contributed by atoms with van der Waals surface area (Å²) >= 11 is 0. The molecule has 1 fully saturated rings. The highest BCUT2D eigenvalue weighted by Gasteiger charge is 2.20. The van der Waals surface area contributed by atoms with Crippen LogP contribution in [0.4, 0.5) is 0 Å². The fourth-order valence-corrected chi connectivity index (χ4v) is 2.33. The Bertz CT molecular complexity index is 262. The van der Waals surface area contributed by atoms with Crippen LogP contribution in [-0.4, -0.2) is 13.1 Å². The van der Waals surface area contributed by atoms with E-state index in [-0.39, 0.29) is 0 Å². The van der Waals surface area contributed by atoms with E-state index in [1.165, 1.54) is 31.5 Å². The van der Waals surface area contributed by atoms with Crippen LogP contribution in [0, 0.1) is 5.92 Å². The van der Waals surface area contributed by atoms with Crippen molar-refractivity contribution in [1.82, 2.24) is 5.32 Å². The lowest BCUT2D eigenvalue weighted by Gasteiger charge is -2.28. The van der Waals surface area contributed by atoms with Gasteiger partial charge in [0, 0.05) is 0 Å². The van der Waals surface area contributed by atoms with Crippen LogP contribution in [0.5, 0.6) is 0 Å². The average molecular weight is 189 g/mol. The molecule has 0 amide bonds. The highest BCUT2D eigenvalue weighted by molar-refractivity contribution is 5.19. The first-order valence-electron chi connectivity index (χ1n) is 5.63. The van der Waals surface area contributed by atoms with Crippen molar-refractivity contribution in [2.24, 2.45) is 5.92 Å². The largest absolute Gasteiger partial charge is 0.316 e. The molecule has 1 aromatic rings. The van der Waals surface area contributed by atoms with E-state index in [2.05, 4.69) is 42.6 Å². The van der Waals surface area contributed by atoms with Crippen molar-refractivity contribution < 1.29 is 0 Å². The quantitative estimate of drug-likeness (QED) is 0.754. The fourth-order valence-electron chi connectivity index (χ4n) is 2.33. The zero-order chi connectivity index (χ0) is 9.80. The van der Waals surface area contributed by atoms with Gasteiger partial charge in [-0.1, -0.05) is 37.3 Å². The second kappa shape index (κ2) is 4.61. The monoisotopic (exact) mass is 189 g/mol. The normalized spacial score (nSPS) is 24.5. The first-order chi connectivity index (χ1) is 6.88. The van der Waals surface area contributed by atoms with Crippen molar-refractivity contribution in [3.8, 4) is 0 Å². The number of benzene rings is 1. The molecule has 0 aliphatic carbocycles. The molecule has 2 atom stereocenters. The Kier molecular flexibility index (Phi) is 3.20. The Labute approximate surface area is 86.5 Å². The second-order valence-corrected chi connectivity index (χ2v) is 4.31. The molecule has 1 aromatic carbocycles. The number of hydrogen-bond acceptors (Lipinski definition) is 1. The van der Waals surface area contributed by atoms with Crippen molar-refractivity contribution in [2.75, 3.05) is 13.1 Å². The Morgan fingerprint density at radius 2 is 2.07 bits per heavy atom. The molecule has 1 heterocycles. The topological polar surface area (TPSA) is 12.0 Å². The minimum absolute atomic E-state index is 0.698. The molecule has 1 nitrogen and oxygen atoms in total. The Hall–Kier alpha value is -0.820. The second-order valence-electron chi connectivity index (χ2n) is 4.31. The van der Waals surface area contributed by atoms with Gasteiger partial charge in [0.25, 0.3) is 0 Å². The molecule has 0 spiro atoms. The molecule has 0 bridgehead atoms. The van der Waals surface area contributed by atoms with Crippen molar-refractivity contribution in [2.45, 2.75) is 25.7 Å². The molecule has 0 aromatic heterocycles. The summed E-state index contributed by atoms with van der Waals surface area (Å²) in [7, 11) is 0. The van der Waals surface area contributed by atoms with Gasteiger partial charge in [-0.3, -0.25) is 0 Å². The molecule has 1 saturated heterocycles. The number of hydrogen-bond donors (Lipinski definition) is 1. The first kappa shape index (κ1) is 9.72. The zero-order valence-electron chi connectivity index (χ0n) is 8.87. The van der Waals surface area contributed by atoms with Crippen molar-refractivity contribution in [3.05, 3.63) is 35.9 Å². The van der Waals surface area contributed by atoms with E-state index in [1.807, 2.05) is 0 Å². The Balaban J connectivity index is 2.03.